The van der Waals surface area contributed by atoms with Crippen molar-refractivity contribution in [3.8, 4) is 0 Å². The standard InChI is InChI=1S/C10H22N2/c1-7(2)12-5-8(3)10(11)9(4)6-12/h7-10H,5-6,11H2,1-4H3. The minimum Gasteiger partial charge on any atom is -0.327 e. The van der Waals surface area contributed by atoms with Gasteiger partial charge in [-0.2, -0.15) is 0 Å². The Labute approximate surface area is 76.1 Å². The third-order valence-corrected chi connectivity index (χ3v) is 3.09. The summed E-state index contributed by atoms with van der Waals surface area (Å²) >= 11 is 0. The van der Waals surface area contributed by atoms with Crippen molar-refractivity contribution in [1.29, 1.82) is 0 Å². The molecule has 0 aromatic carbocycles. The molecule has 2 unspecified atom stereocenters. The van der Waals surface area contributed by atoms with Gasteiger partial charge < -0.3 is 10.6 Å². The highest BCUT2D eigenvalue weighted by atomic mass is 15.2. The molecule has 1 rings (SSSR count). The van der Waals surface area contributed by atoms with E-state index in [1.807, 2.05) is 0 Å². The predicted octanol–water partition coefficient (Wildman–Crippen LogP) is 1.31. The van der Waals surface area contributed by atoms with Crippen LogP contribution in [-0.2, 0) is 0 Å². The summed E-state index contributed by atoms with van der Waals surface area (Å²) in [7, 11) is 0. The first-order chi connectivity index (χ1) is 5.52. The van der Waals surface area contributed by atoms with Gasteiger partial charge in [-0.3, -0.25) is 0 Å². The van der Waals surface area contributed by atoms with E-state index in [4.69, 9.17) is 5.73 Å². The number of hydrogen-bond acceptors (Lipinski definition) is 2. The zero-order valence-corrected chi connectivity index (χ0v) is 8.75. The average molecular weight is 170 g/mol. The van der Waals surface area contributed by atoms with Crippen LogP contribution in [-0.4, -0.2) is 30.1 Å². The van der Waals surface area contributed by atoms with E-state index in [0.29, 0.717) is 23.9 Å². The van der Waals surface area contributed by atoms with Crippen LogP contribution >= 0.6 is 0 Å². The van der Waals surface area contributed by atoms with Crippen LogP contribution in [0.15, 0.2) is 0 Å². The van der Waals surface area contributed by atoms with Gasteiger partial charge in [0.25, 0.3) is 0 Å². The summed E-state index contributed by atoms with van der Waals surface area (Å²) in [6.07, 6.45) is 0. The normalized spacial score (nSPS) is 39.0. The van der Waals surface area contributed by atoms with Crippen molar-refractivity contribution in [3.05, 3.63) is 0 Å². The van der Waals surface area contributed by atoms with Crippen LogP contribution in [0.25, 0.3) is 0 Å². The monoisotopic (exact) mass is 170 g/mol. The van der Waals surface area contributed by atoms with E-state index in [0.717, 1.165) is 0 Å². The molecule has 1 saturated heterocycles. The number of nitrogens with two attached hydrogens (primary N) is 1. The van der Waals surface area contributed by atoms with Crippen molar-refractivity contribution in [2.45, 2.75) is 39.8 Å². The molecule has 1 heterocycles. The van der Waals surface area contributed by atoms with Gasteiger partial charge in [-0.1, -0.05) is 13.8 Å². The number of likely N-dealkylation sites (tertiary alicyclic amines) is 1. The molecule has 0 aromatic rings. The molecule has 1 aliphatic heterocycles. The lowest BCUT2D eigenvalue weighted by Crippen LogP contribution is -2.53. The smallest absolute Gasteiger partial charge is 0.0115 e. The highest BCUT2D eigenvalue weighted by molar-refractivity contribution is 4.86. The molecule has 0 aliphatic carbocycles. The van der Waals surface area contributed by atoms with Crippen molar-refractivity contribution in [2.24, 2.45) is 17.6 Å². The molecular weight excluding hydrogens is 148 g/mol. The first-order valence-electron chi connectivity index (χ1n) is 5.02. The van der Waals surface area contributed by atoms with Crippen molar-refractivity contribution in [1.82, 2.24) is 4.90 Å². The fourth-order valence-electron chi connectivity index (χ4n) is 2.04. The molecule has 2 nitrogen and oxygen atoms in total. The molecule has 2 heteroatoms. The Morgan fingerprint density at radius 1 is 1.17 bits per heavy atom. The first kappa shape index (κ1) is 10.0. The fraction of sp³-hybridized carbons (Fsp3) is 1.00. The Morgan fingerprint density at radius 2 is 1.58 bits per heavy atom. The summed E-state index contributed by atoms with van der Waals surface area (Å²) in [6.45, 7) is 11.4. The minimum atomic E-state index is 0.403. The number of hydrogen-bond donors (Lipinski definition) is 1. The van der Waals surface area contributed by atoms with Gasteiger partial charge in [-0.05, 0) is 25.7 Å². The Morgan fingerprint density at radius 3 is 1.92 bits per heavy atom. The summed E-state index contributed by atoms with van der Waals surface area (Å²) < 4.78 is 0. The molecule has 12 heavy (non-hydrogen) atoms. The fourth-order valence-corrected chi connectivity index (χ4v) is 2.04. The lowest BCUT2D eigenvalue weighted by molar-refractivity contribution is 0.0921. The highest BCUT2D eigenvalue weighted by Gasteiger charge is 2.29. The average Bonchev–Trinajstić information content (AvgIpc) is 1.99. The van der Waals surface area contributed by atoms with E-state index in [1.165, 1.54) is 13.1 Å². The first-order valence-corrected chi connectivity index (χ1v) is 5.02. The number of piperidine rings is 1. The molecule has 1 aliphatic rings. The van der Waals surface area contributed by atoms with Crippen molar-refractivity contribution in [3.63, 3.8) is 0 Å². The molecular formula is C10H22N2. The van der Waals surface area contributed by atoms with Gasteiger partial charge in [-0.15, -0.1) is 0 Å². The Hall–Kier alpha value is -0.0800. The van der Waals surface area contributed by atoms with Gasteiger partial charge in [0, 0.05) is 25.2 Å². The van der Waals surface area contributed by atoms with Gasteiger partial charge in [0.05, 0.1) is 0 Å². The van der Waals surface area contributed by atoms with Gasteiger partial charge in [0.1, 0.15) is 0 Å². The van der Waals surface area contributed by atoms with E-state index in [2.05, 4.69) is 32.6 Å². The molecule has 0 aromatic heterocycles. The van der Waals surface area contributed by atoms with Crippen LogP contribution in [0.1, 0.15) is 27.7 Å². The van der Waals surface area contributed by atoms with Gasteiger partial charge in [-0.25, -0.2) is 0 Å². The van der Waals surface area contributed by atoms with Crippen LogP contribution in [0.4, 0.5) is 0 Å². The lowest BCUT2D eigenvalue weighted by atomic mass is 9.86. The lowest BCUT2D eigenvalue weighted by Gasteiger charge is -2.41. The van der Waals surface area contributed by atoms with Crippen LogP contribution in [0.5, 0.6) is 0 Å². The molecule has 0 saturated carbocycles. The Kier molecular flexibility index (Phi) is 3.13. The van der Waals surface area contributed by atoms with E-state index in [1.54, 1.807) is 0 Å². The maximum atomic E-state index is 6.06. The van der Waals surface area contributed by atoms with Crippen LogP contribution in [0, 0.1) is 11.8 Å². The molecule has 0 spiro atoms. The van der Waals surface area contributed by atoms with Crippen LogP contribution in [0.3, 0.4) is 0 Å². The van der Waals surface area contributed by atoms with E-state index in [-0.39, 0.29) is 0 Å². The summed E-state index contributed by atoms with van der Waals surface area (Å²) in [5.74, 6) is 1.30. The maximum Gasteiger partial charge on any atom is 0.0115 e. The second-order valence-electron chi connectivity index (χ2n) is 4.58. The third kappa shape index (κ3) is 1.99. The summed E-state index contributed by atoms with van der Waals surface area (Å²) in [6, 6.07) is 1.07. The summed E-state index contributed by atoms with van der Waals surface area (Å²) in [5, 5.41) is 0. The van der Waals surface area contributed by atoms with E-state index < -0.39 is 0 Å². The summed E-state index contributed by atoms with van der Waals surface area (Å²) in [4.78, 5) is 2.53. The largest absolute Gasteiger partial charge is 0.327 e. The van der Waals surface area contributed by atoms with Crippen molar-refractivity contribution < 1.29 is 0 Å². The molecule has 0 radical (unpaired) electrons. The molecule has 72 valence electrons. The second kappa shape index (κ2) is 3.75. The van der Waals surface area contributed by atoms with E-state index >= 15 is 0 Å². The SMILES string of the molecule is CC1CN(C(C)C)CC(C)C1N. The van der Waals surface area contributed by atoms with Gasteiger partial charge in [0.2, 0.25) is 0 Å². The zero-order valence-electron chi connectivity index (χ0n) is 8.75. The summed E-state index contributed by atoms with van der Waals surface area (Å²) in [5.41, 5.74) is 6.06. The van der Waals surface area contributed by atoms with Crippen molar-refractivity contribution in [2.75, 3.05) is 13.1 Å². The highest BCUT2D eigenvalue weighted by Crippen LogP contribution is 2.21. The Bertz CT molecular complexity index is 133. The Balaban J connectivity index is 2.53. The maximum absolute atomic E-state index is 6.06. The minimum absolute atomic E-state index is 0.403. The number of nitrogens with zero attached hydrogens (tertiary/aromatic N) is 1. The molecule has 2 atom stereocenters. The second-order valence-corrected chi connectivity index (χ2v) is 4.58. The number of rotatable bonds is 1. The van der Waals surface area contributed by atoms with Crippen LogP contribution in [0.2, 0.25) is 0 Å². The van der Waals surface area contributed by atoms with E-state index in [9.17, 15) is 0 Å². The van der Waals surface area contributed by atoms with Crippen LogP contribution < -0.4 is 5.73 Å². The van der Waals surface area contributed by atoms with Gasteiger partial charge in [0.15, 0.2) is 0 Å². The van der Waals surface area contributed by atoms with Crippen molar-refractivity contribution >= 4 is 0 Å². The molecule has 0 amide bonds. The molecule has 0 bridgehead atoms. The predicted molar refractivity (Wildman–Crippen MR) is 53.0 cm³/mol. The third-order valence-electron chi connectivity index (χ3n) is 3.09. The molecule has 2 N–H and O–H groups in total. The van der Waals surface area contributed by atoms with Gasteiger partial charge >= 0.3 is 0 Å². The topological polar surface area (TPSA) is 29.3 Å². The zero-order chi connectivity index (χ0) is 9.30. The molecule has 1 fully saturated rings. The quantitative estimate of drug-likeness (QED) is 0.643.